The highest BCUT2D eigenvalue weighted by Crippen LogP contribution is 2.31. The van der Waals surface area contributed by atoms with E-state index in [1.165, 1.54) is 20.6 Å². The molecular weight excluding hydrogens is 304 g/mol. The highest BCUT2D eigenvalue weighted by molar-refractivity contribution is 9.10. The summed E-state index contributed by atoms with van der Waals surface area (Å²) >= 11 is 5.29. The van der Waals surface area contributed by atoms with Gasteiger partial charge >= 0.3 is 0 Å². The van der Waals surface area contributed by atoms with Gasteiger partial charge in [-0.2, -0.15) is 0 Å². The van der Waals surface area contributed by atoms with Crippen molar-refractivity contribution in [3.63, 3.8) is 0 Å². The number of benzene rings is 3. The van der Waals surface area contributed by atoms with Gasteiger partial charge in [-0.15, -0.1) is 0 Å². The Hall–Kier alpha value is -1.25. The number of halogens is 1. The van der Waals surface area contributed by atoms with E-state index in [9.17, 15) is 0 Å². The Bertz CT molecular complexity index is 691. The van der Waals surface area contributed by atoms with Gasteiger partial charge < -0.3 is 0 Å². The SMILES string of the molecule is Brc1cccc(Sc2ccc3ccccc3c2)c1. The van der Waals surface area contributed by atoms with Crippen LogP contribution in [0.2, 0.25) is 0 Å². The van der Waals surface area contributed by atoms with Crippen molar-refractivity contribution in [1.29, 1.82) is 0 Å². The van der Waals surface area contributed by atoms with Crippen molar-refractivity contribution in [2.24, 2.45) is 0 Å². The van der Waals surface area contributed by atoms with Gasteiger partial charge in [-0.05, 0) is 41.1 Å². The lowest BCUT2D eigenvalue weighted by Gasteiger charge is -2.04. The van der Waals surface area contributed by atoms with Gasteiger partial charge in [0.15, 0.2) is 0 Å². The fourth-order valence-corrected chi connectivity index (χ4v) is 3.37. The van der Waals surface area contributed by atoms with Gasteiger partial charge in [-0.25, -0.2) is 0 Å². The molecule has 0 saturated heterocycles. The topological polar surface area (TPSA) is 0 Å². The summed E-state index contributed by atoms with van der Waals surface area (Å²) in [5.41, 5.74) is 0. The summed E-state index contributed by atoms with van der Waals surface area (Å²) in [4.78, 5) is 2.52. The van der Waals surface area contributed by atoms with Crippen molar-refractivity contribution in [3.8, 4) is 0 Å². The predicted molar refractivity (Wildman–Crippen MR) is 82.2 cm³/mol. The molecule has 0 radical (unpaired) electrons. The van der Waals surface area contributed by atoms with Crippen LogP contribution in [0, 0.1) is 0 Å². The first-order chi connectivity index (χ1) is 8.81. The van der Waals surface area contributed by atoms with E-state index in [2.05, 4.69) is 76.6 Å². The summed E-state index contributed by atoms with van der Waals surface area (Å²) in [6, 6.07) is 23.4. The van der Waals surface area contributed by atoms with E-state index in [0.29, 0.717) is 0 Å². The molecule has 0 aliphatic rings. The highest BCUT2D eigenvalue weighted by Gasteiger charge is 1.99. The van der Waals surface area contributed by atoms with Crippen molar-refractivity contribution in [1.82, 2.24) is 0 Å². The van der Waals surface area contributed by atoms with Gasteiger partial charge in [0.25, 0.3) is 0 Å². The van der Waals surface area contributed by atoms with Crippen LogP contribution in [-0.2, 0) is 0 Å². The lowest BCUT2D eigenvalue weighted by Crippen LogP contribution is -1.76. The van der Waals surface area contributed by atoms with Crippen LogP contribution in [0.25, 0.3) is 10.8 Å². The van der Waals surface area contributed by atoms with Crippen molar-refractivity contribution in [3.05, 3.63) is 71.2 Å². The summed E-state index contributed by atoms with van der Waals surface area (Å²) in [5.74, 6) is 0. The van der Waals surface area contributed by atoms with E-state index in [1.54, 1.807) is 11.8 Å². The van der Waals surface area contributed by atoms with Gasteiger partial charge in [0.2, 0.25) is 0 Å². The van der Waals surface area contributed by atoms with Crippen LogP contribution in [0.15, 0.2) is 81.0 Å². The van der Waals surface area contributed by atoms with Crippen molar-refractivity contribution < 1.29 is 0 Å². The van der Waals surface area contributed by atoms with Gasteiger partial charge in [-0.3, -0.25) is 0 Å². The Balaban J connectivity index is 1.95. The molecular formula is C16H11BrS. The zero-order valence-corrected chi connectivity index (χ0v) is 12.0. The first-order valence-corrected chi connectivity index (χ1v) is 7.34. The number of fused-ring (bicyclic) bond motifs is 1. The normalized spacial score (nSPS) is 10.7. The molecule has 0 spiro atoms. The molecule has 3 aromatic carbocycles. The van der Waals surface area contributed by atoms with E-state index < -0.39 is 0 Å². The first-order valence-electron chi connectivity index (χ1n) is 5.73. The van der Waals surface area contributed by atoms with Gasteiger partial charge in [0, 0.05) is 14.3 Å². The summed E-state index contributed by atoms with van der Waals surface area (Å²) < 4.78 is 1.12. The minimum atomic E-state index is 1.12. The van der Waals surface area contributed by atoms with Gasteiger partial charge in [0.05, 0.1) is 0 Å². The second-order valence-corrected chi connectivity index (χ2v) is 6.13. The second kappa shape index (κ2) is 5.17. The van der Waals surface area contributed by atoms with Crippen LogP contribution in [-0.4, -0.2) is 0 Å². The Morgan fingerprint density at radius 2 is 1.44 bits per heavy atom. The molecule has 2 heteroatoms. The van der Waals surface area contributed by atoms with Gasteiger partial charge in [-0.1, -0.05) is 64.1 Å². The smallest absolute Gasteiger partial charge is 0.0186 e. The third kappa shape index (κ3) is 2.60. The second-order valence-electron chi connectivity index (χ2n) is 4.07. The molecule has 0 aliphatic heterocycles. The number of hydrogen-bond acceptors (Lipinski definition) is 1. The highest BCUT2D eigenvalue weighted by atomic mass is 79.9. The third-order valence-corrected chi connectivity index (χ3v) is 4.23. The molecule has 0 fully saturated rings. The first kappa shape index (κ1) is 11.8. The largest absolute Gasteiger partial charge is 0.0900 e. The molecule has 0 aliphatic carbocycles. The average Bonchev–Trinajstić information content (AvgIpc) is 2.39. The zero-order chi connectivity index (χ0) is 12.4. The quantitative estimate of drug-likeness (QED) is 0.580. The molecule has 0 atom stereocenters. The van der Waals surface area contributed by atoms with E-state index in [-0.39, 0.29) is 0 Å². The average molecular weight is 315 g/mol. The van der Waals surface area contributed by atoms with Crippen LogP contribution in [0.3, 0.4) is 0 Å². The third-order valence-electron chi connectivity index (χ3n) is 2.75. The van der Waals surface area contributed by atoms with Crippen LogP contribution < -0.4 is 0 Å². The molecule has 88 valence electrons. The minimum absolute atomic E-state index is 1.12. The molecule has 3 aromatic rings. The lowest BCUT2D eigenvalue weighted by molar-refractivity contribution is 1.41. The monoisotopic (exact) mass is 314 g/mol. The summed E-state index contributed by atoms with van der Waals surface area (Å²) in [5, 5.41) is 2.58. The fourth-order valence-electron chi connectivity index (χ4n) is 1.90. The molecule has 0 nitrogen and oxygen atoms in total. The maximum atomic E-state index is 3.50. The van der Waals surface area contributed by atoms with E-state index in [4.69, 9.17) is 0 Å². The molecule has 3 rings (SSSR count). The number of hydrogen-bond donors (Lipinski definition) is 0. The summed E-state index contributed by atoms with van der Waals surface area (Å²) in [7, 11) is 0. The molecule has 0 N–H and O–H groups in total. The fraction of sp³-hybridized carbons (Fsp3) is 0. The molecule has 0 unspecified atom stereocenters. The number of rotatable bonds is 2. The Kier molecular flexibility index (Phi) is 3.39. The standard InChI is InChI=1S/C16H11BrS/c17-14-6-3-7-15(11-14)18-16-9-8-12-4-1-2-5-13(12)10-16/h1-11H. The molecule has 0 bridgehead atoms. The molecule has 0 aromatic heterocycles. The Morgan fingerprint density at radius 3 is 2.28 bits per heavy atom. The van der Waals surface area contributed by atoms with Crippen molar-refractivity contribution in [2.75, 3.05) is 0 Å². The minimum Gasteiger partial charge on any atom is -0.0900 e. The Morgan fingerprint density at radius 1 is 0.667 bits per heavy atom. The predicted octanol–water partition coefficient (Wildman–Crippen LogP) is 5.75. The maximum Gasteiger partial charge on any atom is 0.0186 e. The van der Waals surface area contributed by atoms with Crippen LogP contribution >= 0.6 is 27.7 Å². The van der Waals surface area contributed by atoms with E-state index in [0.717, 1.165) is 4.47 Å². The van der Waals surface area contributed by atoms with Crippen LogP contribution in [0.1, 0.15) is 0 Å². The van der Waals surface area contributed by atoms with Crippen LogP contribution in [0.5, 0.6) is 0 Å². The summed E-state index contributed by atoms with van der Waals surface area (Å²) in [6.45, 7) is 0. The molecule has 0 amide bonds. The zero-order valence-electron chi connectivity index (χ0n) is 9.64. The molecule has 0 heterocycles. The van der Waals surface area contributed by atoms with Crippen molar-refractivity contribution in [2.45, 2.75) is 9.79 Å². The Labute approximate surface area is 119 Å². The summed E-state index contributed by atoms with van der Waals surface area (Å²) in [6.07, 6.45) is 0. The lowest BCUT2D eigenvalue weighted by atomic mass is 10.1. The van der Waals surface area contributed by atoms with Crippen molar-refractivity contribution >= 4 is 38.5 Å². The van der Waals surface area contributed by atoms with Crippen LogP contribution in [0.4, 0.5) is 0 Å². The maximum absolute atomic E-state index is 3.50. The van der Waals surface area contributed by atoms with Gasteiger partial charge in [0.1, 0.15) is 0 Å². The molecule has 18 heavy (non-hydrogen) atoms. The van der Waals surface area contributed by atoms with E-state index in [1.807, 2.05) is 6.07 Å². The van der Waals surface area contributed by atoms with E-state index >= 15 is 0 Å². The molecule has 0 saturated carbocycles.